The molecule has 0 saturated carbocycles. The monoisotopic (exact) mass is 416 g/mol. The molecule has 2 aromatic rings. The van der Waals surface area contributed by atoms with Crippen molar-refractivity contribution >= 4 is 58.3 Å². The van der Waals surface area contributed by atoms with Gasteiger partial charge in [0.2, 0.25) is 11.9 Å². The molecule has 1 atom stereocenters. The highest BCUT2D eigenvalue weighted by Gasteiger charge is 2.54. The topological polar surface area (TPSA) is 112 Å². The normalized spacial score (nSPS) is 20.4. The van der Waals surface area contributed by atoms with Crippen LogP contribution in [0.2, 0.25) is 10.0 Å². The Bertz CT molecular complexity index is 1080. The standard InChI is InChI=1S/C18H14Cl2N6O2/c1-9(27)26-14-5-3-2-4-11(14)18(15(26)28)24-16(21)23-17(25-18)22-10-6-7-12(19)13(20)8-10/h2-8H,1H3,(H4,21,22,23,24,25)/t18-/m1/s1. The lowest BCUT2D eigenvalue weighted by Crippen LogP contribution is -2.51. The molecule has 1 spiro atoms. The maximum atomic E-state index is 13.2. The van der Waals surface area contributed by atoms with Crippen LogP contribution < -0.4 is 21.3 Å². The smallest absolute Gasteiger partial charge is 0.289 e. The molecule has 0 saturated heterocycles. The van der Waals surface area contributed by atoms with Gasteiger partial charge in [-0.2, -0.15) is 0 Å². The van der Waals surface area contributed by atoms with E-state index in [9.17, 15) is 9.59 Å². The van der Waals surface area contributed by atoms with Crippen molar-refractivity contribution in [3.05, 3.63) is 58.1 Å². The Labute approximate surface area is 170 Å². The molecule has 0 unspecified atom stereocenters. The van der Waals surface area contributed by atoms with Crippen molar-refractivity contribution in [2.75, 3.05) is 10.2 Å². The van der Waals surface area contributed by atoms with Gasteiger partial charge in [0.1, 0.15) is 0 Å². The van der Waals surface area contributed by atoms with Crippen LogP contribution in [0.15, 0.2) is 52.4 Å². The third kappa shape index (κ3) is 2.78. The molecule has 2 aliphatic rings. The number of imide groups is 1. The van der Waals surface area contributed by atoms with E-state index in [0.29, 0.717) is 27.0 Å². The van der Waals surface area contributed by atoms with E-state index >= 15 is 0 Å². The summed E-state index contributed by atoms with van der Waals surface area (Å²) in [4.78, 5) is 35.0. The number of nitrogens with one attached hydrogen (secondary N) is 2. The number of anilines is 2. The lowest BCUT2D eigenvalue weighted by molar-refractivity contribution is -0.127. The molecule has 0 aliphatic carbocycles. The molecular formula is C18H14Cl2N6O2. The van der Waals surface area contributed by atoms with Gasteiger partial charge < -0.3 is 11.1 Å². The van der Waals surface area contributed by atoms with Gasteiger partial charge in [-0.1, -0.05) is 41.4 Å². The van der Waals surface area contributed by atoms with E-state index in [1.165, 1.54) is 6.92 Å². The van der Waals surface area contributed by atoms with Crippen molar-refractivity contribution < 1.29 is 9.59 Å². The second-order valence-electron chi connectivity index (χ2n) is 6.19. The highest BCUT2D eigenvalue weighted by molar-refractivity contribution is 6.42. The van der Waals surface area contributed by atoms with Crippen molar-refractivity contribution in [1.29, 1.82) is 0 Å². The molecule has 10 heteroatoms. The molecule has 0 fully saturated rings. The number of nitrogens with two attached hydrogens (primary N) is 1. The van der Waals surface area contributed by atoms with Gasteiger partial charge in [-0.3, -0.25) is 14.9 Å². The summed E-state index contributed by atoms with van der Waals surface area (Å²) >= 11 is 12.0. The summed E-state index contributed by atoms with van der Waals surface area (Å²) in [5, 5.41) is 6.54. The highest BCUT2D eigenvalue weighted by atomic mass is 35.5. The first-order valence-corrected chi connectivity index (χ1v) is 8.96. The van der Waals surface area contributed by atoms with Crippen molar-refractivity contribution in [2.24, 2.45) is 15.7 Å². The number of nitrogens with zero attached hydrogens (tertiary/aromatic N) is 3. The van der Waals surface area contributed by atoms with Gasteiger partial charge in [0.15, 0.2) is 5.96 Å². The van der Waals surface area contributed by atoms with E-state index < -0.39 is 17.5 Å². The maximum Gasteiger partial charge on any atom is 0.289 e. The molecule has 8 nitrogen and oxygen atoms in total. The first-order chi connectivity index (χ1) is 13.3. The highest BCUT2D eigenvalue weighted by Crippen LogP contribution is 2.44. The van der Waals surface area contributed by atoms with Crippen LogP contribution in [0.25, 0.3) is 0 Å². The Morgan fingerprint density at radius 1 is 1.18 bits per heavy atom. The van der Waals surface area contributed by atoms with Crippen molar-refractivity contribution in [3.8, 4) is 0 Å². The van der Waals surface area contributed by atoms with Crippen LogP contribution in [0.5, 0.6) is 0 Å². The molecule has 0 bridgehead atoms. The Hall–Kier alpha value is -3.10. The SMILES string of the molecule is CC(=O)N1C(=O)[C@@]2(N=C(N)NC(Nc3ccc(Cl)c(Cl)c3)=N2)c2ccccc21. The number of carbonyl (C=O) groups excluding carboxylic acids is 2. The molecule has 2 heterocycles. The van der Waals surface area contributed by atoms with Gasteiger partial charge >= 0.3 is 0 Å². The van der Waals surface area contributed by atoms with Crippen LogP contribution in [0.3, 0.4) is 0 Å². The number of hydrogen-bond acceptors (Lipinski definition) is 7. The van der Waals surface area contributed by atoms with Crippen LogP contribution in [0.4, 0.5) is 11.4 Å². The van der Waals surface area contributed by atoms with Gasteiger partial charge in [0.25, 0.3) is 11.6 Å². The van der Waals surface area contributed by atoms with Gasteiger partial charge in [-0.15, -0.1) is 0 Å². The molecule has 4 N–H and O–H groups in total. The number of rotatable bonds is 1. The Balaban J connectivity index is 1.81. The predicted molar refractivity (Wildman–Crippen MR) is 109 cm³/mol. The summed E-state index contributed by atoms with van der Waals surface area (Å²) in [6.45, 7) is 1.31. The van der Waals surface area contributed by atoms with Crippen molar-refractivity contribution in [3.63, 3.8) is 0 Å². The zero-order valence-electron chi connectivity index (χ0n) is 14.5. The first kappa shape index (κ1) is 18.3. The molecule has 4 rings (SSSR count). The third-order valence-corrected chi connectivity index (χ3v) is 5.06. The Morgan fingerprint density at radius 2 is 1.93 bits per heavy atom. The second-order valence-corrected chi connectivity index (χ2v) is 7.00. The molecule has 0 aromatic heterocycles. The summed E-state index contributed by atoms with van der Waals surface area (Å²) in [7, 11) is 0. The molecule has 2 aromatic carbocycles. The Kier molecular flexibility index (Phi) is 4.24. The van der Waals surface area contributed by atoms with Crippen molar-refractivity contribution in [2.45, 2.75) is 12.6 Å². The fraction of sp³-hybridized carbons (Fsp3) is 0.111. The molecule has 2 amide bonds. The summed E-state index contributed by atoms with van der Waals surface area (Å²) in [6.07, 6.45) is 0. The van der Waals surface area contributed by atoms with E-state index in [1.807, 2.05) is 0 Å². The average Bonchev–Trinajstić information content (AvgIpc) is 2.86. The fourth-order valence-electron chi connectivity index (χ4n) is 3.18. The van der Waals surface area contributed by atoms with E-state index in [2.05, 4.69) is 20.6 Å². The molecule has 2 aliphatic heterocycles. The molecule has 142 valence electrons. The number of benzene rings is 2. The quantitative estimate of drug-likeness (QED) is 0.660. The summed E-state index contributed by atoms with van der Waals surface area (Å²) in [5.41, 5.74) is 5.73. The predicted octanol–water partition coefficient (Wildman–Crippen LogP) is 2.43. The lowest BCUT2D eigenvalue weighted by atomic mass is 10.0. The van der Waals surface area contributed by atoms with Crippen LogP contribution in [0.1, 0.15) is 12.5 Å². The van der Waals surface area contributed by atoms with Crippen LogP contribution in [-0.2, 0) is 15.3 Å². The summed E-state index contributed by atoms with van der Waals surface area (Å²) in [5.74, 6) is -0.875. The average molecular weight is 417 g/mol. The minimum absolute atomic E-state index is 0.0221. The first-order valence-electron chi connectivity index (χ1n) is 8.21. The molecule has 0 radical (unpaired) electrons. The minimum Gasteiger partial charge on any atom is -0.370 e. The summed E-state index contributed by atoms with van der Waals surface area (Å²) in [6, 6.07) is 11.8. The van der Waals surface area contributed by atoms with Gasteiger partial charge in [-0.05, 0) is 24.3 Å². The largest absolute Gasteiger partial charge is 0.370 e. The zero-order chi connectivity index (χ0) is 20.1. The number of fused-ring (bicyclic) bond motifs is 2. The zero-order valence-corrected chi connectivity index (χ0v) is 16.0. The second kappa shape index (κ2) is 6.50. The Morgan fingerprint density at radius 3 is 2.64 bits per heavy atom. The maximum absolute atomic E-state index is 13.2. The number of carbonyl (C=O) groups is 2. The molecule has 28 heavy (non-hydrogen) atoms. The van der Waals surface area contributed by atoms with E-state index in [-0.39, 0.29) is 11.9 Å². The van der Waals surface area contributed by atoms with Gasteiger partial charge in [0, 0.05) is 18.2 Å². The van der Waals surface area contributed by atoms with E-state index in [1.54, 1.807) is 42.5 Å². The third-order valence-electron chi connectivity index (χ3n) is 4.32. The van der Waals surface area contributed by atoms with Crippen molar-refractivity contribution in [1.82, 2.24) is 5.32 Å². The van der Waals surface area contributed by atoms with Crippen LogP contribution in [0, 0.1) is 0 Å². The van der Waals surface area contributed by atoms with Gasteiger partial charge in [-0.25, -0.2) is 14.9 Å². The lowest BCUT2D eigenvalue weighted by Gasteiger charge is -2.27. The van der Waals surface area contributed by atoms with E-state index in [0.717, 1.165) is 4.90 Å². The van der Waals surface area contributed by atoms with Crippen LogP contribution >= 0.6 is 23.2 Å². The number of aliphatic imine (C=N–C) groups is 2. The van der Waals surface area contributed by atoms with Crippen LogP contribution in [-0.4, -0.2) is 23.7 Å². The molecular weight excluding hydrogens is 403 g/mol. The van der Waals surface area contributed by atoms with E-state index in [4.69, 9.17) is 28.9 Å². The number of hydrogen-bond donors (Lipinski definition) is 3. The number of halogens is 2. The van der Waals surface area contributed by atoms with Gasteiger partial charge in [0.05, 0.1) is 15.7 Å². The number of para-hydroxylation sites is 1. The summed E-state index contributed by atoms with van der Waals surface area (Å²) < 4.78 is 0. The fourth-order valence-corrected chi connectivity index (χ4v) is 3.48. The minimum atomic E-state index is -1.68. The number of guanidine groups is 2. The number of amides is 2.